The SMILES string of the molecule is C[C@H]1O[C@H](O[C@H]2[C@H](O)C(CO)OC(O)(CO)[C@@H]2O)[C@H](O)[C@@H](O)[C@@H]1N[C@H]1C=C(CO)[C@@H](O)[C@H](O)[C@H]1O. The van der Waals surface area contributed by atoms with Gasteiger partial charge >= 0.3 is 0 Å². The standard InChI is InChI=1S/C20H35NO14/c1-6-10(21-8-2-7(3-22)11(25)15(29)12(8)26)14(28)16(30)19(33-6)34-17-13(27)9(4-23)35-20(32,5-24)18(17)31/h2,6,8-19,21-32H,3-5H2,1H3/t6-,8+,9?,10-,11-,12+,13-,14+,15+,16-,17+,18-,19-,20?/m1/s1. The van der Waals surface area contributed by atoms with Crippen molar-refractivity contribution in [3.8, 4) is 0 Å². The zero-order valence-electron chi connectivity index (χ0n) is 18.8. The van der Waals surface area contributed by atoms with Gasteiger partial charge in [0.2, 0.25) is 5.79 Å². The van der Waals surface area contributed by atoms with Crippen LogP contribution < -0.4 is 5.32 Å². The number of hydrogen-bond acceptors (Lipinski definition) is 15. The van der Waals surface area contributed by atoms with E-state index in [-0.39, 0.29) is 5.57 Å². The van der Waals surface area contributed by atoms with Crippen molar-refractivity contribution in [3.63, 3.8) is 0 Å². The summed E-state index contributed by atoms with van der Waals surface area (Å²) in [5, 5.41) is 114. The third-order valence-electron chi connectivity index (χ3n) is 6.78. The van der Waals surface area contributed by atoms with E-state index in [1.165, 1.54) is 13.0 Å². The van der Waals surface area contributed by atoms with Gasteiger partial charge in [-0.05, 0) is 12.5 Å². The van der Waals surface area contributed by atoms with Gasteiger partial charge in [0.1, 0.15) is 54.9 Å². The van der Waals surface area contributed by atoms with Crippen LogP contribution in [-0.4, -0.2) is 161 Å². The molecule has 0 aromatic heterocycles. The Bertz CT molecular complexity index is 743. The zero-order chi connectivity index (χ0) is 26.2. The number of aliphatic hydroxyl groups is 11. The summed E-state index contributed by atoms with van der Waals surface area (Å²) in [6.45, 7) is -1.03. The highest BCUT2D eigenvalue weighted by Gasteiger charge is 2.56. The van der Waals surface area contributed by atoms with E-state index in [4.69, 9.17) is 14.2 Å². The molecule has 0 spiro atoms. The highest BCUT2D eigenvalue weighted by atomic mass is 16.7. The van der Waals surface area contributed by atoms with E-state index in [9.17, 15) is 56.2 Å². The fourth-order valence-electron chi connectivity index (χ4n) is 4.58. The molecule has 2 saturated heterocycles. The first-order valence-corrected chi connectivity index (χ1v) is 11.2. The highest BCUT2D eigenvalue weighted by molar-refractivity contribution is 5.22. The van der Waals surface area contributed by atoms with Gasteiger partial charge < -0.3 is 75.7 Å². The molecule has 0 saturated carbocycles. The summed E-state index contributed by atoms with van der Waals surface area (Å²) < 4.78 is 16.0. The van der Waals surface area contributed by atoms with Gasteiger partial charge in [-0.2, -0.15) is 0 Å². The molecule has 2 heterocycles. The second-order valence-corrected chi connectivity index (χ2v) is 9.11. The maximum atomic E-state index is 10.7. The van der Waals surface area contributed by atoms with Crippen LogP contribution in [0.5, 0.6) is 0 Å². The average Bonchev–Trinajstić information content (AvgIpc) is 2.84. The Labute approximate surface area is 200 Å². The average molecular weight is 513 g/mol. The van der Waals surface area contributed by atoms with Gasteiger partial charge in [0.05, 0.1) is 38.0 Å². The van der Waals surface area contributed by atoms with Gasteiger partial charge in [0.25, 0.3) is 0 Å². The van der Waals surface area contributed by atoms with Crippen molar-refractivity contribution in [3.05, 3.63) is 11.6 Å². The smallest absolute Gasteiger partial charge is 0.219 e. The van der Waals surface area contributed by atoms with Gasteiger partial charge in [-0.15, -0.1) is 0 Å². The first-order chi connectivity index (χ1) is 16.4. The lowest BCUT2D eigenvalue weighted by atomic mass is 9.86. The van der Waals surface area contributed by atoms with E-state index in [0.717, 1.165) is 0 Å². The van der Waals surface area contributed by atoms with Crippen molar-refractivity contribution in [1.82, 2.24) is 5.32 Å². The number of nitrogens with one attached hydrogen (secondary N) is 1. The van der Waals surface area contributed by atoms with E-state index in [1.54, 1.807) is 0 Å². The molecule has 14 atom stereocenters. The lowest BCUT2D eigenvalue weighted by Gasteiger charge is -2.49. The molecular weight excluding hydrogens is 478 g/mol. The second-order valence-electron chi connectivity index (χ2n) is 9.11. The normalized spacial score (nSPS) is 51.2. The zero-order valence-corrected chi connectivity index (χ0v) is 18.8. The Hall–Kier alpha value is -0.860. The van der Waals surface area contributed by atoms with Crippen LogP contribution in [0.15, 0.2) is 11.6 Å². The third-order valence-corrected chi connectivity index (χ3v) is 6.78. The molecule has 0 bridgehead atoms. The van der Waals surface area contributed by atoms with E-state index in [0.29, 0.717) is 0 Å². The fraction of sp³-hybridized carbons (Fsp3) is 0.900. The predicted molar refractivity (Wildman–Crippen MR) is 111 cm³/mol. The molecule has 3 rings (SSSR count). The van der Waals surface area contributed by atoms with Gasteiger partial charge in [0, 0.05) is 0 Å². The summed E-state index contributed by atoms with van der Waals surface area (Å²) in [7, 11) is 0. The van der Waals surface area contributed by atoms with Crippen LogP contribution in [0.1, 0.15) is 6.92 Å². The Morgan fingerprint density at radius 3 is 2.17 bits per heavy atom. The minimum Gasteiger partial charge on any atom is -0.394 e. The summed E-state index contributed by atoms with van der Waals surface area (Å²) in [6.07, 6.45) is -16.3. The lowest BCUT2D eigenvalue weighted by Crippen LogP contribution is -2.70. The topological polar surface area (TPSA) is 262 Å². The Kier molecular flexibility index (Phi) is 9.23. The maximum Gasteiger partial charge on any atom is 0.219 e. The van der Waals surface area contributed by atoms with Gasteiger partial charge in [-0.25, -0.2) is 0 Å². The van der Waals surface area contributed by atoms with Crippen molar-refractivity contribution >= 4 is 0 Å². The molecule has 15 nitrogen and oxygen atoms in total. The monoisotopic (exact) mass is 513 g/mol. The molecule has 0 amide bonds. The molecule has 12 N–H and O–H groups in total. The van der Waals surface area contributed by atoms with Crippen LogP contribution in [-0.2, 0) is 14.2 Å². The van der Waals surface area contributed by atoms with Crippen molar-refractivity contribution in [2.75, 3.05) is 19.8 Å². The van der Waals surface area contributed by atoms with Crippen LogP contribution in [0.4, 0.5) is 0 Å². The maximum absolute atomic E-state index is 10.7. The highest BCUT2D eigenvalue weighted by Crippen LogP contribution is 2.33. The van der Waals surface area contributed by atoms with Crippen LogP contribution in [0.25, 0.3) is 0 Å². The Morgan fingerprint density at radius 1 is 0.943 bits per heavy atom. The van der Waals surface area contributed by atoms with E-state index < -0.39 is 105 Å². The van der Waals surface area contributed by atoms with Gasteiger partial charge in [0.15, 0.2) is 6.29 Å². The van der Waals surface area contributed by atoms with E-state index in [2.05, 4.69) is 5.32 Å². The molecule has 0 aromatic rings. The summed E-state index contributed by atoms with van der Waals surface area (Å²) >= 11 is 0. The molecule has 204 valence electrons. The van der Waals surface area contributed by atoms with Gasteiger partial charge in [-0.3, -0.25) is 0 Å². The van der Waals surface area contributed by atoms with Crippen molar-refractivity contribution in [2.24, 2.45) is 0 Å². The van der Waals surface area contributed by atoms with E-state index >= 15 is 0 Å². The van der Waals surface area contributed by atoms with Crippen LogP contribution >= 0.6 is 0 Å². The minimum atomic E-state index is -2.59. The van der Waals surface area contributed by atoms with Crippen LogP contribution in [0.3, 0.4) is 0 Å². The van der Waals surface area contributed by atoms with Crippen molar-refractivity contribution < 1.29 is 70.4 Å². The van der Waals surface area contributed by atoms with Gasteiger partial charge in [-0.1, -0.05) is 6.08 Å². The fourth-order valence-corrected chi connectivity index (χ4v) is 4.58. The second kappa shape index (κ2) is 11.3. The van der Waals surface area contributed by atoms with Crippen LogP contribution in [0.2, 0.25) is 0 Å². The largest absolute Gasteiger partial charge is 0.394 e. The summed E-state index contributed by atoms with van der Waals surface area (Å²) in [5.41, 5.74) is 0.0400. The molecule has 3 aliphatic rings. The third kappa shape index (κ3) is 5.40. The van der Waals surface area contributed by atoms with Crippen LogP contribution in [0, 0.1) is 0 Å². The molecule has 2 fully saturated rings. The Morgan fingerprint density at radius 2 is 1.60 bits per heavy atom. The van der Waals surface area contributed by atoms with E-state index in [1.807, 2.05) is 0 Å². The molecule has 0 aromatic carbocycles. The van der Waals surface area contributed by atoms with Crippen molar-refractivity contribution in [2.45, 2.75) is 92.1 Å². The first-order valence-electron chi connectivity index (χ1n) is 11.2. The molecular formula is C20H35NO14. The molecule has 2 unspecified atom stereocenters. The number of hydrogen-bond donors (Lipinski definition) is 12. The Balaban J connectivity index is 1.74. The summed E-state index contributed by atoms with van der Waals surface area (Å²) in [5.74, 6) is -2.59. The molecule has 2 aliphatic heterocycles. The minimum absolute atomic E-state index is 0.0400. The predicted octanol–water partition coefficient (Wildman–Crippen LogP) is -7.03. The number of aliphatic hydroxyl groups excluding tert-OH is 10. The molecule has 35 heavy (non-hydrogen) atoms. The molecule has 0 radical (unpaired) electrons. The number of rotatable bonds is 7. The first kappa shape index (κ1) is 28.7. The summed E-state index contributed by atoms with van der Waals surface area (Å²) in [4.78, 5) is 0. The quantitative estimate of drug-likeness (QED) is 0.141. The lowest BCUT2D eigenvalue weighted by molar-refractivity contribution is -0.385. The van der Waals surface area contributed by atoms with Crippen molar-refractivity contribution in [1.29, 1.82) is 0 Å². The molecule has 15 heteroatoms. The number of ether oxygens (including phenoxy) is 3. The molecule has 1 aliphatic carbocycles. The summed E-state index contributed by atoms with van der Waals surface area (Å²) in [6, 6.07) is -2.11.